The van der Waals surface area contributed by atoms with Crippen LogP contribution in [0.4, 0.5) is 5.69 Å². The zero-order valence-electron chi connectivity index (χ0n) is 14.2. The van der Waals surface area contributed by atoms with Crippen molar-refractivity contribution in [3.8, 4) is 11.1 Å². The van der Waals surface area contributed by atoms with Crippen LogP contribution in [0.5, 0.6) is 0 Å². The fourth-order valence-corrected chi connectivity index (χ4v) is 3.01. The molecule has 26 heavy (non-hydrogen) atoms. The van der Waals surface area contributed by atoms with Gasteiger partial charge in [0, 0.05) is 34.6 Å². The minimum absolute atomic E-state index is 0.0945. The van der Waals surface area contributed by atoms with Crippen LogP contribution in [0.2, 0.25) is 5.02 Å². The Kier molecular flexibility index (Phi) is 4.67. The van der Waals surface area contributed by atoms with Gasteiger partial charge in [0.05, 0.1) is 6.42 Å². The first-order valence-electron chi connectivity index (χ1n) is 8.65. The fraction of sp³-hybridized carbons (Fsp3) is 0.190. The monoisotopic (exact) mass is 363 g/mol. The number of hydrogen-bond acceptors (Lipinski definition) is 3. The molecule has 0 bridgehead atoms. The maximum absolute atomic E-state index is 12.2. The Labute approximate surface area is 157 Å². The molecular weight excluding hydrogens is 346 g/mol. The highest BCUT2D eigenvalue weighted by Gasteiger charge is 2.26. The van der Waals surface area contributed by atoms with E-state index in [1.165, 1.54) is 12.8 Å². The number of rotatable bonds is 5. The molecule has 0 aliphatic heterocycles. The first-order chi connectivity index (χ1) is 12.7. The molecule has 1 fully saturated rings. The van der Waals surface area contributed by atoms with Gasteiger partial charge in [-0.15, -0.1) is 0 Å². The zero-order chi connectivity index (χ0) is 17.9. The minimum Gasteiger partial charge on any atom is -0.326 e. The Bertz CT molecular complexity index is 919. The first kappa shape index (κ1) is 16.7. The van der Waals surface area contributed by atoms with Crippen LogP contribution in [0.15, 0.2) is 60.9 Å². The zero-order valence-corrected chi connectivity index (χ0v) is 14.9. The number of hydrogen-bond donors (Lipinski definition) is 1. The van der Waals surface area contributed by atoms with E-state index in [9.17, 15) is 4.79 Å². The SMILES string of the molecule is O=C(Cc1ccccc1Cl)Nc1ccc(-c2cnc(C3CC3)nc2)cc1. The number of halogens is 1. The van der Waals surface area contributed by atoms with Crippen molar-refractivity contribution in [2.24, 2.45) is 0 Å². The third-order valence-electron chi connectivity index (χ3n) is 4.43. The summed E-state index contributed by atoms with van der Waals surface area (Å²) in [5.41, 5.74) is 3.57. The summed E-state index contributed by atoms with van der Waals surface area (Å²) in [6.45, 7) is 0. The number of benzene rings is 2. The van der Waals surface area contributed by atoms with Crippen LogP contribution in [-0.4, -0.2) is 15.9 Å². The van der Waals surface area contributed by atoms with Crippen molar-refractivity contribution in [2.75, 3.05) is 5.32 Å². The molecule has 1 heterocycles. The molecule has 0 atom stereocenters. The van der Waals surface area contributed by atoms with Gasteiger partial charge in [0.2, 0.25) is 5.91 Å². The van der Waals surface area contributed by atoms with E-state index in [1.807, 2.05) is 54.9 Å². The highest BCUT2D eigenvalue weighted by molar-refractivity contribution is 6.31. The van der Waals surface area contributed by atoms with E-state index in [0.29, 0.717) is 10.9 Å². The quantitative estimate of drug-likeness (QED) is 0.704. The first-order valence-corrected chi connectivity index (χ1v) is 9.02. The third kappa shape index (κ3) is 3.92. The van der Waals surface area contributed by atoms with E-state index in [0.717, 1.165) is 28.2 Å². The highest BCUT2D eigenvalue weighted by atomic mass is 35.5. The Morgan fingerprint density at radius 3 is 2.35 bits per heavy atom. The van der Waals surface area contributed by atoms with E-state index < -0.39 is 0 Å². The molecule has 4 nitrogen and oxygen atoms in total. The van der Waals surface area contributed by atoms with Crippen molar-refractivity contribution in [3.63, 3.8) is 0 Å². The number of anilines is 1. The fourth-order valence-electron chi connectivity index (χ4n) is 2.81. The molecule has 1 aliphatic rings. The molecule has 130 valence electrons. The summed E-state index contributed by atoms with van der Waals surface area (Å²) in [4.78, 5) is 21.1. The smallest absolute Gasteiger partial charge is 0.228 e. The molecule has 1 aliphatic carbocycles. The molecular formula is C21H18ClN3O. The summed E-state index contributed by atoms with van der Waals surface area (Å²) in [5, 5.41) is 3.50. The molecule has 1 aromatic heterocycles. The average molecular weight is 364 g/mol. The number of carbonyl (C=O) groups is 1. The summed E-state index contributed by atoms with van der Waals surface area (Å²) in [6.07, 6.45) is 6.37. The number of aromatic nitrogens is 2. The van der Waals surface area contributed by atoms with Crippen molar-refractivity contribution in [2.45, 2.75) is 25.2 Å². The van der Waals surface area contributed by atoms with Gasteiger partial charge in [0.25, 0.3) is 0 Å². The van der Waals surface area contributed by atoms with Crippen molar-refractivity contribution in [3.05, 3.63) is 77.3 Å². The molecule has 0 spiro atoms. The molecule has 1 amide bonds. The summed E-state index contributed by atoms with van der Waals surface area (Å²) in [7, 11) is 0. The molecule has 0 unspecified atom stereocenters. The van der Waals surface area contributed by atoms with Crippen LogP contribution in [-0.2, 0) is 11.2 Å². The maximum atomic E-state index is 12.2. The average Bonchev–Trinajstić information content (AvgIpc) is 3.50. The van der Waals surface area contributed by atoms with Crippen LogP contribution in [0, 0.1) is 0 Å². The third-order valence-corrected chi connectivity index (χ3v) is 4.79. The lowest BCUT2D eigenvalue weighted by Crippen LogP contribution is -2.14. The van der Waals surface area contributed by atoms with Crippen LogP contribution in [0.25, 0.3) is 11.1 Å². The van der Waals surface area contributed by atoms with Gasteiger partial charge in [-0.05, 0) is 42.2 Å². The largest absolute Gasteiger partial charge is 0.326 e. The highest BCUT2D eigenvalue weighted by Crippen LogP contribution is 2.38. The van der Waals surface area contributed by atoms with Crippen LogP contribution in [0.1, 0.15) is 30.1 Å². The van der Waals surface area contributed by atoms with E-state index in [2.05, 4.69) is 15.3 Å². The second kappa shape index (κ2) is 7.26. The van der Waals surface area contributed by atoms with Gasteiger partial charge >= 0.3 is 0 Å². The lowest BCUT2D eigenvalue weighted by atomic mass is 10.1. The lowest BCUT2D eigenvalue weighted by Gasteiger charge is -2.08. The Morgan fingerprint density at radius 2 is 1.69 bits per heavy atom. The predicted octanol–water partition coefficient (Wildman–Crippen LogP) is 4.86. The van der Waals surface area contributed by atoms with Gasteiger partial charge in [-0.1, -0.05) is 41.9 Å². The number of amides is 1. The van der Waals surface area contributed by atoms with Gasteiger partial charge in [-0.2, -0.15) is 0 Å². The predicted molar refractivity (Wildman–Crippen MR) is 103 cm³/mol. The summed E-state index contributed by atoms with van der Waals surface area (Å²) < 4.78 is 0. The maximum Gasteiger partial charge on any atom is 0.228 e. The normalized spacial score (nSPS) is 13.4. The number of carbonyl (C=O) groups excluding carboxylic acids is 1. The Morgan fingerprint density at radius 1 is 1.00 bits per heavy atom. The molecule has 1 N–H and O–H groups in total. The summed E-state index contributed by atoms with van der Waals surface area (Å²) in [6, 6.07) is 15.1. The number of nitrogens with one attached hydrogen (secondary N) is 1. The van der Waals surface area contributed by atoms with Crippen molar-refractivity contribution in [1.82, 2.24) is 9.97 Å². The minimum atomic E-state index is -0.0945. The standard InChI is InChI=1S/C21H18ClN3O/c22-19-4-2-1-3-16(19)11-20(26)25-18-9-7-14(8-10-18)17-12-23-21(24-13-17)15-5-6-15/h1-4,7-10,12-13,15H,5-6,11H2,(H,25,26). The van der Waals surface area contributed by atoms with E-state index >= 15 is 0 Å². The van der Waals surface area contributed by atoms with Crippen molar-refractivity contribution >= 4 is 23.2 Å². The van der Waals surface area contributed by atoms with Gasteiger partial charge in [0.1, 0.15) is 5.82 Å². The second-order valence-electron chi connectivity index (χ2n) is 6.50. The Balaban J connectivity index is 1.40. The van der Waals surface area contributed by atoms with Gasteiger partial charge in [-0.3, -0.25) is 4.79 Å². The molecule has 0 saturated heterocycles. The second-order valence-corrected chi connectivity index (χ2v) is 6.91. The van der Waals surface area contributed by atoms with Gasteiger partial charge < -0.3 is 5.32 Å². The lowest BCUT2D eigenvalue weighted by molar-refractivity contribution is -0.115. The van der Waals surface area contributed by atoms with Gasteiger partial charge in [-0.25, -0.2) is 9.97 Å². The summed E-state index contributed by atoms with van der Waals surface area (Å²) in [5.74, 6) is 1.40. The topological polar surface area (TPSA) is 54.9 Å². The molecule has 2 aromatic carbocycles. The molecule has 4 rings (SSSR count). The van der Waals surface area contributed by atoms with E-state index in [-0.39, 0.29) is 12.3 Å². The van der Waals surface area contributed by atoms with Crippen LogP contribution < -0.4 is 5.32 Å². The van der Waals surface area contributed by atoms with E-state index in [4.69, 9.17) is 11.6 Å². The summed E-state index contributed by atoms with van der Waals surface area (Å²) >= 11 is 6.10. The molecule has 3 aromatic rings. The Hall–Kier alpha value is -2.72. The van der Waals surface area contributed by atoms with E-state index in [1.54, 1.807) is 6.07 Å². The molecule has 0 radical (unpaired) electrons. The van der Waals surface area contributed by atoms with Crippen LogP contribution in [0.3, 0.4) is 0 Å². The van der Waals surface area contributed by atoms with Crippen LogP contribution >= 0.6 is 11.6 Å². The van der Waals surface area contributed by atoms with Crippen molar-refractivity contribution in [1.29, 1.82) is 0 Å². The van der Waals surface area contributed by atoms with Crippen molar-refractivity contribution < 1.29 is 4.79 Å². The number of nitrogens with zero attached hydrogens (tertiary/aromatic N) is 2. The molecule has 1 saturated carbocycles. The van der Waals surface area contributed by atoms with Gasteiger partial charge in [0.15, 0.2) is 0 Å². The molecule has 5 heteroatoms.